The molecule has 2 aromatic heterocycles. The zero-order valence-electron chi connectivity index (χ0n) is 16.8. The molecule has 8 nitrogen and oxygen atoms in total. The molecule has 0 aromatic carbocycles. The molecule has 1 fully saturated rings. The van der Waals surface area contributed by atoms with Gasteiger partial charge in [0.25, 0.3) is 0 Å². The molecule has 3 rings (SSSR count). The first-order chi connectivity index (χ1) is 12.9. The van der Waals surface area contributed by atoms with E-state index in [2.05, 4.69) is 43.8 Å². The van der Waals surface area contributed by atoms with E-state index in [1.807, 2.05) is 0 Å². The first-order valence-corrected chi connectivity index (χ1v) is 12.4. The van der Waals surface area contributed by atoms with E-state index in [1.165, 1.54) is 0 Å². The van der Waals surface area contributed by atoms with Gasteiger partial charge in [0.2, 0.25) is 5.28 Å². The van der Waals surface area contributed by atoms with Gasteiger partial charge in [-0.25, -0.2) is 4.98 Å². The van der Waals surface area contributed by atoms with Gasteiger partial charge in [-0.15, -0.1) is 0 Å². The quantitative estimate of drug-likeness (QED) is 0.429. The largest absolute Gasteiger partial charge is 0.410 e. The van der Waals surface area contributed by atoms with Crippen molar-refractivity contribution in [3.63, 3.8) is 0 Å². The Labute approximate surface area is 170 Å². The van der Waals surface area contributed by atoms with Crippen LogP contribution >= 0.6 is 11.6 Å². The molecule has 0 spiro atoms. The van der Waals surface area contributed by atoms with E-state index in [-0.39, 0.29) is 16.1 Å². The van der Waals surface area contributed by atoms with Crippen molar-refractivity contribution in [2.75, 3.05) is 12.3 Å². The lowest BCUT2D eigenvalue weighted by Gasteiger charge is -2.40. The minimum atomic E-state index is -2.20. The van der Waals surface area contributed by atoms with Crippen LogP contribution in [0, 0.1) is 0 Å². The minimum absolute atomic E-state index is 0.0285. The minimum Gasteiger partial charge on any atom is -0.410 e. The highest BCUT2D eigenvalue weighted by atomic mass is 35.5. The number of anilines is 1. The van der Waals surface area contributed by atoms with Gasteiger partial charge in [0.1, 0.15) is 17.7 Å². The van der Waals surface area contributed by atoms with E-state index in [1.54, 1.807) is 16.8 Å². The number of aromatic nitrogens is 3. The number of carbonyl (C=O) groups excluding carboxylic acids is 1. The molecule has 0 saturated carbocycles. The number of ether oxygens (including phenoxy) is 1. The number of aliphatic hydroxyl groups is 1. The van der Waals surface area contributed by atoms with Crippen LogP contribution in [-0.4, -0.2) is 52.6 Å². The van der Waals surface area contributed by atoms with Gasteiger partial charge in [0, 0.05) is 12.6 Å². The van der Waals surface area contributed by atoms with Crippen molar-refractivity contribution in [1.82, 2.24) is 14.5 Å². The van der Waals surface area contributed by atoms with Gasteiger partial charge in [-0.05, 0) is 35.8 Å². The summed E-state index contributed by atoms with van der Waals surface area (Å²) in [4.78, 5) is 20.2. The topological polar surface area (TPSA) is 112 Å². The van der Waals surface area contributed by atoms with Crippen molar-refractivity contribution in [1.29, 1.82) is 0 Å². The molecule has 154 valence electrons. The molecule has 3 heterocycles. The van der Waals surface area contributed by atoms with E-state index in [0.29, 0.717) is 23.7 Å². The predicted molar refractivity (Wildman–Crippen MR) is 110 cm³/mol. The first kappa shape index (κ1) is 21.2. The summed E-state index contributed by atoms with van der Waals surface area (Å²) in [6.45, 7) is 10.1. The Morgan fingerprint density at radius 1 is 1.50 bits per heavy atom. The number of aldehydes is 1. The van der Waals surface area contributed by atoms with Crippen LogP contribution in [0.3, 0.4) is 0 Å². The van der Waals surface area contributed by atoms with Crippen molar-refractivity contribution in [2.24, 2.45) is 0 Å². The lowest BCUT2D eigenvalue weighted by molar-refractivity contribution is -0.150. The zero-order chi connectivity index (χ0) is 20.9. The molecule has 2 unspecified atom stereocenters. The second-order valence-corrected chi connectivity index (χ2v) is 13.8. The Morgan fingerprint density at radius 2 is 2.18 bits per heavy atom. The first-order valence-electron chi connectivity index (χ1n) is 9.16. The second kappa shape index (κ2) is 7.07. The third-order valence-electron chi connectivity index (χ3n) is 5.89. The van der Waals surface area contributed by atoms with Crippen molar-refractivity contribution in [2.45, 2.75) is 63.3 Å². The molecule has 1 aliphatic rings. The number of nitrogen functional groups attached to an aromatic ring is 1. The molecule has 1 saturated heterocycles. The third-order valence-corrected chi connectivity index (χ3v) is 10.5. The monoisotopic (exact) mass is 426 g/mol. The second-order valence-electron chi connectivity index (χ2n) is 8.74. The Kier molecular flexibility index (Phi) is 5.35. The highest BCUT2D eigenvalue weighted by Gasteiger charge is 2.53. The van der Waals surface area contributed by atoms with Crippen molar-refractivity contribution in [3.05, 3.63) is 17.5 Å². The van der Waals surface area contributed by atoms with E-state index in [4.69, 9.17) is 26.5 Å². The normalized spacial score (nSPS) is 26.1. The van der Waals surface area contributed by atoms with E-state index in [9.17, 15) is 9.90 Å². The smallest absolute Gasteiger partial charge is 0.226 e. The standard InChI is InChI=1S/C18H27ClN4O4Si/c1-17(2,3)28(4,5)27-12-8-13(26-18(12,9-24)10-25)23-7-6-11-14(20)21-16(19)22-15(11)23/h6-7,9,12-13,25H,8,10H2,1-5H3,(H2,20,21,22)/t12?,13-,18?/m1/s1. The highest BCUT2D eigenvalue weighted by Crippen LogP contribution is 2.44. The van der Waals surface area contributed by atoms with E-state index in [0.717, 1.165) is 0 Å². The van der Waals surface area contributed by atoms with Crippen LogP contribution in [0.4, 0.5) is 5.82 Å². The molecular formula is C18H27ClN4O4Si. The number of nitrogens with zero attached hydrogens (tertiary/aromatic N) is 3. The SMILES string of the molecule is CC(C)(C)[Si](C)(C)OC1C[C@H](n2ccc3c(N)nc(Cl)nc32)OC1(C=O)CO. The molecular weight excluding hydrogens is 400 g/mol. The lowest BCUT2D eigenvalue weighted by Crippen LogP contribution is -2.53. The summed E-state index contributed by atoms with van der Waals surface area (Å²) >= 11 is 5.96. The summed E-state index contributed by atoms with van der Waals surface area (Å²) in [5.41, 5.74) is 5.00. The maximum atomic E-state index is 12.0. The van der Waals surface area contributed by atoms with Crippen LogP contribution in [0.15, 0.2) is 12.3 Å². The predicted octanol–water partition coefficient (Wildman–Crippen LogP) is 2.91. The van der Waals surface area contributed by atoms with Crippen LogP contribution < -0.4 is 5.73 Å². The Hall–Kier alpha value is -1.52. The number of rotatable bonds is 5. The fraction of sp³-hybridized carbons (Fsp3) is 0.611. The van der Waals surface area contributed by atoms with Gasteiger partial charge in [0.15, 0.2) is 20.2 Å². The van der Waals surface area contributed by atoms with Gasteiger partial charge in [-0.1, -0.05) is 20.8 Å². The average Bonchev–Trinajstić information content (AvgIpc) is 3.15. The Morgan fingerprint density at radius 3 is 2.75 bits per heavy atom. The average molecular weight is 427 g/mol. The molecule has 0 bridgehead atoms. The van der Waals surface area contributed by atoms with Crippen LogP contribution in [0.25, 0.3) is 11.0 Å². The number of hydrogen-bond acceptors (Lipinski definition) is 7. The maximum Gasteiger partial charge on any atom is 0.226 e. The van der Waals surface area contributed by atoms with E-state index >= 15 is 0 Å². The van der Waals surface area contributed by atoms with Gasteiger partial charge >= 0.3 is 0 Å². The molecule has 1 aliphatic heterocycles. The van der Waals surface area contributed by atoms with Crippen LogP contribution in [0.5, 0.6) is 0 Å². The lowest BCUT2D eigenvalue weighted by atomic mass is 10.00. The fourth-order valence-corrected chi connectivity index (χ4v) is 4.68. The van der Waals surface area contributed by atoms with Crippen LogP contribution in [0.2, 0.25) is 23.4 Å². The number of nitrogens with two attached hydrogens (primary N) is 1. The third kappa shape index (κ3) is 3.46. The summed E-state index contributed by atoms with van der Waals surface area (Å²) in [6, 6.07) is 1.77. The molecule has 0 amide bonds. The molecule has 28 heavy (non-hydrogen) atoms. The molecule has 0 aliphatic carbocycles. The van der Waals surface area contributed by atoms with Crippen molar-refractivity contribution in [3.8, 4) is 0 Å². The zero-order valence-corrected chi connectivity index (χ0v) is 18.5. The van der Waals surface area contributed by atoms with Crippen LogP contribution in [0.1, 0.15) is 33.4 Å². The van der Waals surface area contributed by atoms with Gasteiger partial charge < -0.3 is 24.6 Å². The number of hydrogen-bond donors (Lipinski definition) is 2. The highest BCUT2D eigenvalue weighted by molar-refractivity contribution is 6.74. The van der Waals surface area contributed by atoms with Gasteiger partial charge in [0.05, 0.1) is 18.1 Å². The summed E-state index contributed by atoms with van der Waals surface area (Å²) in [5.74, 6) is 0.268. The Bertz CT molecular complexity index is 898. The molecule has 10 heteroatoms. The van der Waals surface area contributed by atoms with Gasteiger partial charge in [-0.2, -0.15) is 4.98 Å². The molecule has 3 atom stereocenters. The number of carbonyl (C=O) groups is 1. The summed E-state index contributed by atoms with van der Waals surface area (Å²) in [6.07, 6.45) is 1.66. The summed E-state index contributed by atoms with van der Waals surface area (Å²) in [7, 11) is -2.20. The van der Waals surface area contributed by atoms with Crippen molar-refractivity contribution >= 4 is 43.1 Å². The molecule has 0 radical (unpaired) electrons. The van der Waals surface area contributed by atoms with Crippen molar-refractivity contribution < 1.29 is 19.1 Å². The Balaban J connectivity index is 1.99. The maximum absolute atomic E-state index is 12.0. The van der Waals surface area contributed by atoms with Crippen LogP contribution in [-0.2, 0) is 14.0 Å². The summed E-state index contributed by atoms with van der Waals surface area (Å²) in [5, 5.41) is 10.6. The number of halogens is 1. The molecule has 2 aromatic rings. The summed E-state index contributed by atoms with van der Waals surface area (Å²) < 4.78 is 14.3. The number of fused-ring (bicyclic) bond motifs is 1. The fourth-order valence-electron chi connectivity index (χ4n) is 3.15. The number of aliphatic hydroxyl groups excluding tert-OH is 1. The van der Waals surface area contributed by atoms with E-state index < -0.39 is 32.9 Å². The molecule has 3 N–H and O–H groups in total. The van der Waals surface area contributed by atoms with Gasteiger partial charge in [-0.3, -0.25) is 4.79 Å².